The zero-order valence-corrected chi connectivity index (χ0v) is 18.0. The van der Waals surface area contributed by atoms with Crippen LogP contribution in [0.15, 0.2) is 47.1 Å². The van der Waals surface area contributed by atoms with Crippen LogP contribution >= 0.6 is 22.9 Å². The Hall–Kier alpha value is -2.12. The van der Waals surface area contributed by atoms with Gasteiger partial charge in [0.2, 0.25) is 0 Å². The van der Waals surface area contributed by atoms with Gasteiger partial charge in [-0.1, -0.05) is 29.8 Å². The van der Waals surface area contributed by atoms with Crippen LogP contribution in [0.5, 0.6) is 0 Å². The number of nitrogens with zero attached hydrogens (tertiary/aromatic N) is 1. The fourth-order valence-electron chi connectivity index (χ4n) is 3.71. The molecule has 0 spiro atoms. The summed E-state index contributed by atoms with van der Waals surface area (Å²) in [6.45, 7) is 7.14. The molecular formula is C22H23ClN2O3S. The Bertz CT molecular complexity index is 994. The summed E-state index contributed by atoms with van der Waals surface area (Å²) < 4.78 is 10.8. The van der Waals surface area contributed by atoms with Crippen molar-refractivity contribution in [3.63, 3.8) is 0 Å². The first-order valence-corrected chi connectivity index (χ1v) is 10.8. The fourth-order valence-corrected chi connectivity index (χ4v) is 5.03. The van der Waals surface area contributed by atoms with Gasteiger partial charge in [-0.05, 0) is 43.2 Å². The van der Waals surface area contributed by atoms with Crippen molar-refractivity contribution in [1.82, 2.24) is 4.90 Å². The molecule has 152 valence electrons. The minimum atomic E-state index is -0.252. The molecule has 1 amide bonds. The number of thiophene rings is 1. The van der Waals surface area contributed by atoms with Gasteiger partial charge in [-0.25, -0.2) is 0 Å². The normalized spacial score (nSPS) is 16.0. The predicted octanol–water partition coefficient (Wildman–Crippen LogP) is 5.29. The minimum Gasteiger partial charge on any atom is -0.459 e. The van der Waals surface area contributed by atoms with Crippen molar-refractivity contribution < 1.29 is 13.9 Å². The number of hydrogen-bond donors (Lipinski definition) is 1. The largest absolute Gasteiger partial charge is 0.459 e. The molecule has 29 heavy (non-hydrogen) atoms. The number of nitrogens with one attached hydrogen (secondary N) is 1. The highest BCUT2D eigenvalue weighted by molar-refractivity contribution is 7.16. The summed E-state index contributed by atoms with van der Waals surface area (Å²) in [6, 6.07) is 11.2. The summed E-state index contributed by atoms with van der Waals surface area (Å²) in [5, 5.41) is 4.62. The molecular weight excluding hydrogens is 408 g/mol. The lowest BCUT2D eigenvalue weighted by Gasteiger charge is -2.36. The number of carbonyl (C=O) groups excluding carboxylic acids is 1. The molecule has 1 aromatic carbocycles. The Morgan fingerprint density at radius 2 is 1.93 bits per heavy atom. The van der Waals surface area contributed by atoms with Crippen molar-refractivity contribution >= 4 is 33.8 Å². The quantitative estimate of drug-likeness (QED) is 0.597. The van der Waals surface area contributed by atoms with Gasteiger partial charge >= 0.3 is 0 Å². The van der Waals surface area contributed by atoms with Crippen LogP contribution in [-0.4, -0.2) is 37.1 Å². The molecule has 0 radical (unpaired) electrons. The number of furan rings is 1. The van der Waals surface area contributed by atoms with E-state index in [1.807, 2.05) is 18.2 Å². The van der Waals surface area contributed by atoms with Gasteiger partial charge in [-0.2, -0.15) is 0 Å². The van der Waals surface area contributed by atoms with E-state index in [1.54, 1.807) is 23.5 Å². The summed E-state index contributed by atoms with van der Waals surface area (Å²) in [4.78, 5) is 16.2. The number of aryl methyl sites for hydroxylation is 1. The number of hydrogen-bond acceptors (Lipinski definition) is 5. The molecule has 4 rings (SSSR count). The number of benzene rings is 1. The zero-order valence-electron chi connectivity index (χ0n) is 16.4. The van der Waals surface area contributed by atoms with Crippen LogP contribution in [0.2, 0.25) is 5.02 Å². The molecule has 0 saturated carbocycles. The first-order chi connectivity index (χ1) is 14.1. The SMILES string of the molecule is Cc1sc(NC(=O)c2ccco2)c([C@H](c2ccccc2Cl)N2CCOCC2)c1C. The highest BCUT2D eigenvalue weighted by Gasteiger charge is 2.31. The van der Waals surface area contributed by atoms with E-state index in [-0.39, 0.29) is 11.9 Å². The number of carbonyl (C=O) groups is 1. The van der Waals surface area contributed by atoms with E-state index in [1.165, 1.54) is 16.7 Å². The minimum absolute atomic E-state index is 0.0653. The van der Waals surface area contributed by atoms with Crippen LogP contribution in [0.1, 0.15) is 38.2 Å². The van der Waals surface area contributed by atoms with Crippen molar-refractivity contribution in [1.29, 1.82) is 0 Å². The maximum absolute atomic E-state index is 12.7. The average Bonchev–Trinajstić information content (AvgIpc) is 3.35. The zero-order chi connectivity index (χ0) is 20.4. The van der Waals surface area contributed by atoms with Crippen molar-refractivity contribution in [3.05, 3.63) is 75.0 Å². The molecule has 5 nitrogen and oxygen atoms in total. The van der Waals surface area contributed by atoms with E-state index >= 15 is 0 Å². The molecule has 2 aromatic heterocycles. The van der Waals surface area contributed by atoms with E-state index in [2.05, 4.69) is 30.1 Å². The lowest BCUT2D eigenvalue weighted by Crippen LogP contribution is -2.40. The Morgan fingerprint density at radius 1 is 1.17 bits per heavy atom. The second kappa shape index (κ2) is 8.71. The number of anilines is 1. The maximum Gasteiger partial charge on any atom is 0.291 e. The highest BCUT2D eigenvalue weighted by Crippen LogP contribution is 2.44. The summed E-state index contributed by atoms with van der Waals surface area (Å²) in [7, 11) is 0. The highest BCUT2D eigenvalue weighted by atomic mass is 35.5. The van der Waals surface area contributed by atoms with E-state index in [0.717, 1.165) is 34.2 Å². The summed E-state index contributed by atoms with van der Waals surface area (Å²) in [5.41, 5.74) is 3.29. The van der Waals surface area contributed by atoms with Gasteiger partial charge in [0.15, 0.2) is 5.76 Å². The van der Waals surface area contributed by atoms with Crippen molar-refractivity contribution in [2.45, 2.75) is 19.9 Å². The van der Waals surface area contributed by atoms with Crippen molar-refractivity contribution in [2.75, 3.05) is 31.6 Å². The first-order valence-electron chi connectivity index (χ1n) is 9.57. The molecule has 0 unspecified atom stereocenters. The number of morpholine rings is 1. The molecule has 1 fully saturated rings. The third-order valence-corrected chi connectivity index (χ3v) is 6.77. The van der Waals surface area contributed by atoms with E-state index in [4.69, 9.17) is 20.8 Å². The molecule has 0 aliphatic carbocycles. The Kier molecular flexibility index (Phi) is 6.06. The summed E-state index contributed by atoms with van der Waals surface area (Å²) >= 11 is 8.21. The van der Waals surface area contributed by atoms with Crippen LogP contribution < -0.4 is 5.32 Å². The van der Waals surface area contributed by atoms with Crippen LogP contribution in [0, 0.1) is 13.8 Å². The molecule has 1 atom stereocenters. The third-order valence-electron chi connectivity index (χ3n) is 5.29. The Balaban J connectivity index is 1.79. The average molecular weight is 431 g/mol. The fraction of sp³-hybridized carbons (Fsp3) is 0.318. The van der Waals surface area contributed by atoms with Gasteiger partial charge in [-0.3, -0.25) is 9.69 Å². The smallest absolute Gasteiger partial charge is 0.291 e. The lowest BCUT2D eigenvalue weighted by molar-refractivity contribution is 0.0240. The molecule has 7 heteroatoms. The van der Waals surface area contributed by atoms with Gasteiger partial charge in [0.1, 0.15) is 5.00 Å². The van der Waals surface area contributed by atoms with Crippen LogP contribution in [0.3, 0.4) is 0 Å². The topological polar surface area (TPSA) is 54.7 Å². The van der Waals surface area contributed by atoms with Crippen LogP contribution in [0.4, 0.5) is 5.00 Å². The van der Waals surface area contributed by atoms with Gasteiger partial charge < -0.3 is 14.5 Å². The summed E-state index contributed by atoms with van der Waals surface area (Å²) in [6.07, 6.45) is 1.50. The molecule has 3 aromatic rings. The van der Waals surface area contributed by atoms with Gasteiger partial charge in [0.05, 0.1) is 25.5 Å². The Labute approximate surface area is 179 Å². The molecule has 1 N–H and O–H groups in total. The van der Waals surface area contributed by atoms with E-state index < -0.39 is 0 Å². The second-order valence-electron chi connectivity index (χ2n) is 7.03. The number of rotatable bonds is 5. The summed E-state index contributed by atoms with van der Waals surface area (Å²) in [5.74, 6) is 0.0395. The third kappa shape index (κ3) is 4.12. The van der Waals surface area contributed by atoms with Gasteiger partial charge in [0.25, 0.3) is 5.91 Å². The molecule has 1 aliphatic rings. The lowest BCUT2D eigenvalue weighted by atomic mass is 9.94. The van der Waals surface area contributed by atoms with E-state index in [9.17, 15) is 4.79 Å². The van der Waals surface area contributed by atoms with Gasteiger partial charge in [0, 0.05) is 28.6 Å². The second-order valence-corrected chi connectivity index (χ2v) is 8.66. The molecule has 1 saturated heterocycles. The molecule has 3 heterocycles. The predicted molar refractivity (Wildman–Crippen MR) is 116 cm³/mol. The van der Waals surface area contributed by atoms with E-state index in [0.29, 0.717) is 19.0 Å². The standard InChI is InChI=1S/C22H23ClN2O3S/c1-14-15(2)29-22(24-21(26)18-8-5-11-28-18)19(14)20(25-9-12-27-13-10-25)16-6-3-4-7-17(16)23/h3-8,11,20H,9-10,12-13H2,1-2H3,(H,24,26)/t20-/m0/s1. The van der Waals surface area contributed by atoms with Crippen molar-refractivity contribution in [2.24, 2.45) is 0 Å². The number of halogens is 1. The number of ether oxygens (including phenoxy) is 1. The first kappa shape index (κ1) is 20.2. The molecule has 1 aliphatic heterocycles. The van der Waals surface area contributed by atoms with Crippen LogP contribution in [0.25, 0.3) is 0 Å². The number of amides is 1. The van der Waals surface area contributed by atoms with Gasteiger partial charge in [-0.15, -0.1) is 11.3 Å². The monoisotopic (exact) mass is 430 g/mol. The molecule has 0 bridgehead atoms. The van der Waals surface area contributed by atoms with Crippen molar-refractivity contribution in [3.8, 4) is 0 Å². The van der Waals surface area contributed by atoms with Crippen LogP contribution in [-0.2, 0) is 4.74 Å². The maximum atomic E-state index is 12.7. The Morgan fingerprint density at radius 3 is 2.62 bits per heavy atom.